The third-order valence-electron chi connectivity index (χ3n) is 4.69. The summed E-state index contributed by atoms with van der Waals surface area (Å²) in [7, 11) is 1.65. The van der Waals surface area contributed by atoms with E-state index in [9.17, 15) is 4.79 Å². The van der Waals surface area contributed by atoms with E-state index >= 15 is 0 Å². The average Bonchev–Trinajstić information content (AvgIpc) is 3.33. The molecule has 2 N–H and O–H groups in total. The van der Waals surface area contributed by atoms with Gasteiger partial charge in [0.2, 0.25) is 0 Å². The molecule has 0 spiro atoms. The number of nitrogens with one attached hydrogen (secondary N) is 1. The van der Waals surface area contributed by atoms with E-state index in [4.69, 9.17) is 14.3 Å². The fourth-order valence-electron chi connectivity index (χ4n) is 3.16. The summed E-state index contributed by atoms with van der Waals surface area (Å²) in [6, 6.07) is 15.7. The minimum atomic E-state index is -0.700. The van der Waals surface area contributed by atoms with Gasteiger partial charge in [0.1, 0.15) is 17.1 Å². The van der Waals surface area contributed by atoms with E-state index in [2.05, 4.69) is 5.32 Å². The molecule has 3 aromatic rings. The SMILES string of the molecule is COc1ccc2oc(CNc3ccc([C@@H]4C[C@H]4C(=O)O)cc3)cc2c1. The van der Waals surface area contributed by atoms with Crippen LogP contribution in [0, 0.1) is 5.92 Å². The number of benzene rings is 2. The second-order valence-electron chi connectivity index (χ2n) is 6.38. The Balaban J connectivity index is 1.40. The van der Waals surface area contributed by atoms with Crippen LogP contribution in [0.25, 0.3) is 11.0 Å². The summed E-state index contributed by atoms with van der Waals surface area (Å²) in [6.45, 7) is 0.581. The lowest BCUT2D eigenvalue weighted by atomic mass is 10.1. The number of anilines is 1. The molecule has 1 heterocycles. The number of furan rings is 1. The fraction of sp³-hybridized carbons (Fsp3) is 0.250. The fourth-order valence-corrected chi connectivity index (χ4v) is 3.16. The Labute approximate surface area is 145 Å². The summed E-state index contributed by atoms with van der Waals surface area (Å²) in [5, 5.41) is 13.4. The van der Waals surface area contributed by atoms with Gasteiger partial charge in [0.05, 0.1) is 19.6 Å². The van der Waals surface area contributed by atoms with Crippen molar-refractivity contribution in [2.45, 2.75) is 18.9 Å². The molecule has 0 amide bonds. The van der Waals surface area contributed by atoms with Crippen molar-refractivity contribution >= 4 is 22.6 Å². The molecule has 1 aliphatic carbocycles. The van der Waals surface area contributed by atoms with Crippen molar-refractivity contribution in [3.05, 3.63) is 59.9 Å². The number of carboxylic acids is 1. The van der Waals surface area contributed by atoms with Crippen LogP contribution < -0.4 is 10.1 Å². The third kappa shape index (κ3) is 3.18. The highest BCUT2D eigenvalue weighted by atomic mass is 16.5. The average molecular weight is 337 g/mol. The normalized spacial score (nSPS) is 18.9. The van der Waals surface area contributed by atoms with E-state index in [1.54, 1.807) is 7.11 Å². The largest absolute Gasteiger partial charge is 0.497 e. The van der Waals surface area contributed by atoms with Crippen LogP contribution in [0.2, 0.25) is 0 Å². The Morgan fingerprint density at radius 2 is 2.04 bits per heavy atom. The highest BCUT2D eigenvalue weighted by Crippen LogP contribution is 2.47. The van der Waals surface area contributed by atoms with Gasteiger partial charge in [-0.2, -0.15) is 0 Å². The van der Waals surface area contributed by atoms with Gasteiger partial charge in [0.15, 0.2) is 0 Å². The molecule has 0 saturated heterocycles. The van der Waals surface area contributed by atoms with Gasteiger partial charge in [-0.25, -0.2) is 0 Å². The number of hydrogen-bond acceptors (Lipinski definition) is 4. The molecule has 4 rings (SSSR count). The van der Waals surface area contributed by atoms with Crippen molar-refractivity contribution in [1.82, 2.24) is 0 Å². The Hall–Kier alpha value is -2.95. The molecule has 0 unspecified atom stereocenters. The molecule has 0 radical (unpaired) electrons. The maximum Gasteiger partial charge on any atom is 0.307 e. The predicted molar refractivity (Wildman–Crippen MR) is 95.0 cm³/mol. The summed E-state index contributed by atoms with van der Waals surface area (Å²) in [5.41, 5.74) is 2.91. The summed E-state index contributed by atoms with van der Waals surface area (Å²) in [4.78, 5) is 11.0. The second-order valence-corrected chi connectivity index (χ2v) is 6.38. The van der Waals surface area contributed by atoms with Gasteiger partial charge in [-0.05, 0) is 54.3 Å². The first kappa shape index (κ1) is 15.6. The van der Waals surface area contributed by atoms with Gasteiger partial charge < -0.3 is 19.6 Å². The van der Waals surface area contributed by atoms with Gasteiger partial charge in [-0.3, -0.25) is 4.79 Å². The molecule has 0 aliphatic heterocycles. The quantitative estimate of drug-likeness (QED) is 0.704. The van der Waals surface area contributed by atoms with Gasteiger partial charge >= 0.3 is 5.97 Å². The summed E-state index contributed by atoms with van der Waals surface area (Å²) in [5.74, 6) is 0.903. The van der Waals surface area contributed by atoms with Crippen LogP contribution in [0.5, 0.6) is 5.75 Å². The maximum absolute atomic E-state index is 11.0. The van der Waals surface area contributed by atoms with E-state index < -0.39 is 5.97 Å². The van der Waals surface area contributed by atoms with Gasteiger partial charge in [0, 0.05) is 11.1 Å². The molecule has 0 bridgehead atoms. The van der Waals surface area contributed by atoms with E-state index in [1.807, 2.05) is 48.5 Å². The molecule has 1 fully saturated rings. The standard InChI is InChI=1S/C20H19NO4/c1-24-15-6-7-19-13(8-15)9-16(25-19)11-21-14-4-2-12(3-5-14)17-10-18(17)20(22)23/h2-9,17-18,21H,10-11H2,1H3,(H,22,23)/t17-,18+/m0/s1. The number of ether oxygens (including phenoxy) is 1. The molecular formula is C20H19NO4. The number of aliphatic carboxylic acids is 1. The Morgan fingerprint density at radius 3 is 2.72 bits per heavy atom. The van der Waals surface area contributed by atoms with E-state index in [0.29, 0.717) is 6.54 Å². The summed E-state index contributed by atoms with van der Waals surface area (Å²) >= 11 is 0. The lowest BCUT2D eigenvalue weighted by Gasteiger charge is -2.05. The molecular weight excluding hydrogens is 318 g/mol. The first-order valence-electron chi connectivity index (χ1n) is 8.27. The van der Waals surface area contributed by atoms with Crippen LogP contribution in [0.3, 0.4) is 0 Å². The Kier molecular flexibility index (Phi) is 3.84. The van der Waals surface area contributed by atoms with Gasteiger partial charge in [-0.1, -0.05) is 12.1 Å². The highest BCUT2D eigenvalue weighted by Gasteiger charge is 2.43. The first-order chi connectivity index (χ1) is 12.1. The first-order valence-corrected chi connectivity index (χ1v) is 8.27. The molecule has 2 atom stereocenters. The smallest absolute Gasteiger partial charge is 0.307 e. The van der Waals surface area contributed by atoms with Crippen LogP contribution in [0.1, 0.15) is 23.7 Å². The third-order valence-corrected chi connectivity index (χ3v) is 4.69. The molecule has 25 heavy (non-hydrogen) atoms. The zero-order valence-electron chi connectivity index (χ0n) is 13.9. The van der Waals surface area contributed by atoms with Crippen molar-refractivity contribution in [3.63, 3.8) is 0 Å². The maximum atomic E-state index is 11.0. The van der Waals surface area contributed by atoms with Crippen LogP contribution in [0.4, 0.5) is 5.69 Å². The van der Waals surface area contributed by atoms with Crippen LogP contribution in [-0.4, -0.2) is 18.2 Å². The Bertz CT molecular complexity index is 913. The van der Waals surface area contributed by atoms with Crippen molar-refractivity contribution in [1.29, 1.82) is 0 Å². The van der Waals surface area contributed by atoms with Crippen molar-refractivity contribution in [2.24, 2.45) is 5.92 Å². The van der Waals surface area contributed by atoms with Crippen LogP contribution >= 0.6 is 0 Å². The Morgan fingerprint density at radius 1 is 1.24 bits per heavy atom. The van der Waals surface area contributed by atoms with E-state index in [-0.39, 0.29) is 11.8 Å². The lowest BCUT2D eigenvalue weighted by molar-refractivity contribution is -0.138. The zero-order chi connectivity index (χ0) is 17.4. The number of rotatable bonds is 6. The molecule has 5 heteroatoms. The number of carbonyl (C=O) groups is 1. The highest BCUT2D eigenvalue weighted by molar-refractivity contribution is 5.79. The van der Waals surface area contributed by atoms with E-state index in [0.717, 1.165) is 40.2 Å². The second kappa shape index (κ2) is 6.16. The van der Waals surface area contributed by atoms with Crippen molar-refractivity contribution in [3.8, 4) is 5.75 Å². The van der Waals surface area contributed by atoms with E-state index in [1.165, 1.54) is 0 Å². The molecule has 1 saturated carbocycles. The zero-order valence-corrected chi connectivity index (χ0v) is 13.9. The molecule has 2 aromatic carbocycles. The van der Waals surface area contributed by atoms with Gasteiger partial charge in [0.25, 0.3) is 0 Å². The molecule has 5 nitrogen and oxygen atoms in total. The molecule has 1 aromatic heterocycles. The minimum absolute atomic E-state index is 0.164. The number of carboxylic acid groups (broad SMARTS) is 1. The lowest BCUT2D eigenvalue weighted by Crippen LogP contribution is -2.00. The molecule has 1 aliphatic rings. The molecule has 128 valence electrons. The van der Waals surface area contributed by atoms with Gasteiger partial charge in [-0.15, -0.1) is 0 Å². The van der Waals surface area contributed by atoms with Crippen LogP contribution in [-0.2, 0) is 11.3 Å². The topological polar surface area (TPSA) is 71.7 Å². The monoisotopic (exact) mass is 337 g/mol. The number of hydrogen-bond donors (Lipinski definition) is 2. The number of fused-ring (bicyclic) bond motifs is 1. The van der Waals surface area contributed by atoms with Crippen molar-refractivity contribution < 1.29 is 19.1 Å². The predicted octanol–water partition coefficient (Wildman–Crippen LogP) is 4.24. The summed E-state index contributed by atoms with van der Waals surface area (Å²) < 4.78 is 11.0. The summed E-state index contributed by atoms with van der Waals surface area (Å²) in [6.07, 6.45) is 0.741. The van der Waals surface area contributed by atoms with Crippen LogP contribution in [0.15, 0.2) is 52.9 Å². The van der Waals surface area contributed by atoms with Crippen molar-refractivity contribution in [2.75, 3.05) is 12.4 Å². The minimum Gasteiger partial charge on any atom is -0.497 e. The number of methoxy groups -OCH3 is 1.